The van der Waals surface area contributed by atoms with E-state index >= 15 is 0 Å². The van der Waals surface area contributed by atoms with Crippen LogP contribution in [0.3, 0.4) is 0 Å². The van der Waals surface area contributed by atoms with Crippen LogP contribution in [0.5, 0.6) is 0 Å². The quantitative estimate of drug-likeness (QED) is 0.114. The van der Waals surface area contributed by atoms with E-state index in [-0.39, 0.29) is 34.0 Å². The van der Waals surface area contributed by atoms with Crippen molar-refractivity contribution in [2.75, 3.05) is 38.8 Å². The maximum atomic E-state index is 6.35. The summed E-state index contributed by atoms with van der Waals surface area (Å²) in [5, 5.41) is 8.31. The molecule has 6 aromatic rings. The average molecular weight is 801 g/mol. The summed E-state index contributed by atoms with van der Waals surface area (Å²) in [6.45, 7) is 2.49. The SMILES string of the molecule is [Br-].[Br-].c1ccc([P+](CCOCCOCC[P+](c2ccccc2)(c2ccccc2)c2ccccc2)(c2ccccc2)c2ccccc2)cc1. The third-order valence-electron chi connectivity index (χ3n) is 8.70. The molecule has 0 saturated carbocycles. The zero-order valence-electron chi connectivity index (χ0n) is 27.0. The highest BCUT2D eigenvalue weighted by atomic mass is 79.9. The van der Waals surface area contributed by atoms with Crippen molar-refractivity contribution in [3.05, 3.63) is 182 Å². The molecule has 246 valence electrons. The zero-order chi connectivity index (χ0) is 31.3. The Kier molecular flexibility index (Phi) is 15.2. The number of ether oxygens (including phenoxy) is 2. The molecule has 0 bridgehead atoms. The van der Waals surface area contributed by atoms with E-state index < -0.39 is 14.5 Å². The first-order chi connectivity index (χ1) is 22.8. The van der Waals surface area contributed by atoms with Gasteiger partial charge in [-0.3, -0.25) is 0 Å². The van der Waals surface area contributed by atoms with Gasteiger partial charge in [0.25, 0.3) is 0 Å². The molecule has 0 N–H and O–H groups in total. The smallest absolute Gasteiger partial charge is 0.114 e. The molecule has 2 nitrogen and oxygen atoms in total. The van der Waals surface area contributed by atoms with Gasteiger partial charge in [0.1, 0.15) is 46.4 Å². The van der Waals surface area contributed by atoms with Gasteiger partial charge in [0.15, 0.2) is 0 Å². The van der Waals surface area contributed by atoms with Crippen molar-refractivity contribution in [2.45, 2.75) is 0 Å². The van der Waals surface area contributed by atoms with Crippen LogP contribution in [0.25, 0.3) is 0 Å². The molecular weight excluding hydrogens is 758 g/mol. The zero-order valence-corrected chi connectivity index (χ0v) is 32.0. The second kappa shape index (κ2) is 19.3. The molecule has 0 unspecified atom stereocenters. The Labute approximate surface area is 308 Å². The molecule has 6 aromatic carbocycles. The molecule has 0 radical (unpaired) electrons. The van der Waals surface area contributed by atoms with Crippen molar-refractivity contribution in [3.8, 4) is 0 Å². The molecule has 0 aliphatic rings. The molecular formula is C42H42Br2O2P2. The standard InChI is InChI=1S/C42H42O2P2.2BrH/c1-7-19-37(20-8-1)45(38-21-9-2-10-22-38,39-23-11-3-12-24-39)35-33-43-31-32-44-34-36-46(40-25-13-4-14-26-40,41-27-15-5-16-28-41)42-29-17-6-18-30-42;;/h1-30H,31-36H2;2*1H/q+2;;/p-2. The summed E-state index contributed by atoms with van der Waals surface area (Å²) in [7, 11) is -3.80. The van der Waals surface area contributed by atoms with Crippen LogP contribution < -0.4 is 65.8 Å². The Balaban J connectivity index is 0.00000260. The molecule has 6 heteroatoms. The van der Waals surface area contributed by atoms with Crippen molar-refractivity contribution < 1.29 is 43.4 Å². The van der Waals surface area contributed by atoms with Gasteiger partial charge < -0.3 is 43.4 Å². The summed E-state index contributed by atoms with van der Waals surface area (Å²) in [6.07, 6.45) is 1.88. The Morgan fingerprint density at radius 1 is 0.271 bits per heavy atom. The number of benzene rings is 6. The molecule has 0 aliphatic carbocycles. The third kappa shape index (κ3) is 8.61. The van der Waals surface area contributed by atoms with Crippen LogP contribution in [0.1, 0.15) is 0 Å². The Morgan fingerprint density at radius 2 is 0.458 bits per heavy atom. The first-order valence-electron chi connectivity index (χ1n) is 16.1. The van der Waals surface area contributed by atoms with Gasteiger partial charge in [-0.25, -0.2) is 0 Å². The minimum atomic E-state index is -1.90. The Morgan fingerprint density at radius 3 is 0.646 bits per heavy atom. The maximum absolute atomic E-state index is 6.35. The van der Waals surface area contributed by atoms with Crippen LogP contribution in [0.2, 0.25) is 0 Å². The van der Waals surface area contributed by atoms with E-state index in [1.165, 1.54) is 31.8 Å². The first-order valence-corrected chi connectivity index (χ1v) is 20.0. The largest absolute Gasteiger partial charge is 1.00 e. The van der Waals surface area contributed by atoms with Crippen LogP contribution in [-0.4, -0.2) is 38.8 Å². The van der Waals surface area contributed by atoms with Crippen molar-refractivity contribution in [1.82, 2.24) is 0 Å². The normalized spacial score (nSPS) is 11.2. The van der Waals surface area contributed by atoms with E-state index in [4.69, 9.17) is 9.47 Å². The monoisotopic (exact) mass is 798 g/mol. The van der Waals surface area contributed by atoms with Gasteiger partial charge in [0.05, 0.1) is 38.8 Å². The predicted octanol–water partition coefficient (Wildman–Crippen LogP) is 1.02. The predicted molar refractivity (Wildman–Crippen MR) is 202 cm³/mol. The lowest BCUT2D eigenvalue weighted by Crippen LogP contribution is -3.00. The van der Waals surface area contributed by atoms with Crippen molar-refractivity contribution in [1.29, 1.82) is 0 Å². The highest BCUT2D eigenvalue weighted by molar-refractivity contribution is 7.96. The summed E-state index contributed by atoms with van der Waals surface area (Å²) in [5.74, 6) is 0. The Bertz CT molecular complexity index is 1400. The lowest BCUT2D eigenvalue weighted by Gasteiger charge is -2.28. The molecule has 0 atom stereocenters. The van der Waals surface area contributed by atoms with E-state index in [1.807, 2.05) is 0 Å². The lowest BCUT2D eigenvalue weighted by atomic mass is 10.4. The number of hydrogen-bond acceptors (Lipinski definition) is 2. The van der Waals surface area contributed by atoms with Crippen LogP contribution >= 0.6 is 14.5 Å². The summed E-state index contributed by atoms with van der Waals surface area (Å²) < 4.78 is 12.7. The molecule has 6 rings (SSSR count). The van der Waals surface area contributed by atoms with Gasteiger partial charge >= 0.3 is 0 Å². The maximum Gasteiger partial charge on any atom is 0.114 e. The average Bonchev–Trinajstić information content (AvgIpc) is 3.15. The van der Waals surface area contributed by atoms with Crippen LogP contribution in [0.4, 0.5) is 0 Å². The van der Waals surface area contributed by atoms with Crippen molar-refractivity contribution >= 4 is 46.4 Å². The highest BCUT2D eigenvalue weighted by Crippen LogP contribution is 2.56. The Hall–Kier alpha value is -2.94. The molecule has 48 heavy (non-hydrogen) atoms. The highest BCUT2D eigenvalue weighted by Gasteiger charge is 2.46. The molecule has 0 fully saturated rings. The topological polar surface area (TPSA) is 18.5 Å². The van der Waals surface area contributed by atoms with Crippen molar-refractivity contribution in [2.24, 2.45) is 0 Å². The lowest BCUT2D eigenvalue weighted by molar-refractivity contribution is -0.00100. The van der Waals surface area contributed by atoms with Crippen LogP contribution in [0, 0.1) is 0 Å². The van der Waals surface area contributed by atoms with E-state index in [9.17, 15) is 0 Å². The van der Waals surface area contributed by atoms with Gasteiger partial charge in [-0.15, -0.1) is 0 Å². The second-order valence-corrected chi connectivity index (χ2v) is 18.5. The van der Waals surface area contributed by atoms with Gasteiger partial charge in [0.2, 0.25) is 0 Å². The van der Waals surface area contributed by atoms with Gasteiger partial charge in [-0.2, -0.15) is 0 Å². The number of halogens is 2. The number of rotatable bonds is 15. The van der Waals surface area contributed by atoms with E-state index in [1.54, 1.807) is 0 Å². The van der Waals surface area contributed by atoms with E-state index in [0.717, 1.165) is 12.3 Å². The summed E-state index contributed by atoms with van der Waals surface area (Å²) in [4.78, 5) is 0. The summed E-state index contributed by atoms with van der Waals surface area (Å²) in [6, 6.07) is 66.0. The summed E-state index contributed by atoms with van der Waals surface area (Å²) in [5.41, 5.74) is 0. The minimum absolute atomic E-state index is 0. The number of hydrogen-bond donors (Lipinski definition) is 0. The van der Waals surface area contributed by atoms with E-state index in [0.29, 0.717) is 26.4 Å². The minimum Gasteiger partial charge on any atom is -1.00 e. The molecule has 0 saturated heterocycles. The third-order valence-corrected chi connectivity index (χ3v) is 17.5. The molecule has 0 aromatic heterocycles. The second-order valence-electron chi connectivity index (χ2n) is 11.3. The van der Waals surface area contributed by atoms with Crippen LogP contribution in [-0.2, 0) is 9.47 Å². The summed E-state index contributed by atoms with van der Waals surface area (Å²) >= 11 is 0. The fourth-order valence-corrected chi connectivity index (χ4v) is 14.7. The van der Waals surface area contributed by atoms with Crippen LogP contribution in [0.15, 0.2) is 182 Å². The fraction of sp³-hybridized carbons (Fsp3) is 0.143. The van der Waals surface area contributed by atoms with E-state index in [2.05, 4.69) is 182 Å². The van der Waals surface area contributed by atoms with Gasteiger partial charge in [-0.05, 0) is 72.8 Å². The molecule has 0 heterocycles. The van der Waals surface area contributed by atoms with Gasteiger partial charge in [-0.1, -0.05) is 109 Å². The fourth-order valence-electron chi connectivity index (χ4n) is 6.49. The molecule has 0 amide bonds. The molecule has 0 spiro atoms. The van der Waals surface area contributed by atoms with Crippen molar-refractivity contribution in [3.63, 3.8) is 0 Å². The van der Waals surface area contributed by atoms with Gasteiger partial charge in [0, 0.05) is 0 Å². The molecule has 0 aliphatic heterocycles. The first kappa shape index (κ1) is 37.9.